The third kappa shape index (κ3) is 5.78. The van der Waals surface area contributed by atoms with Gasteiger partial charge in [-0.15, -0.1) is 0 Å². The summed E-state index contributed by atoms with van der Waals surface area (Å²) in [5.41, 5.74) is 0. The summed E-state index contributed by atoms with van der Waals surface area (Å²) in [6, 6.07) is 0. The molecule has 1 aliphatic heterocycles. The second-order valence-corrected chi connectivity index (χ2v) is 5.64. The van der Waals surface area contributed by atoms with Gasteiger partial charge in [0.05, 0.1) is 13.2 Å². The van der Waals surface area contributed by atoms with Gasteiger partial charge in [-0.3, -0.25) is 0 Å². The fourth-order valence-corrected chi connectivity index (χ4v) is 2.72. The van der Waals surface area contributed by atoms with Gasteiger partial charge in [-0.05, 0) is 12.8 Å². The Morgan fingerprint density at radius 3 is 2.05 bits per heavy atom. The second kappa shape index (κ2) is 9.71. The summed E-state index contributed by atoms with van der Waals surface area (Å²) in [4.78, 5) is 0. The van der Waals surface area contributed by atoms with Crippen LogP contribution in [0.1, 0.15) is 78.1 Å². The van der Waals surface area contributed by atoms with Crippen LogP contribution in [0.25, 0.3) is 0 Å². The van der Waals surface area contributed by atoms with Crippen molar-refractivity contribution in [2.24, 2.45) is 0 Å². The molecule has 0 aliphatic carbocycles. The minimum absolute atomic E-state index is 0.545. The van der Waals surface area contributed by atoms with Crippen molar-refractivity contribution >= 4 is 0 Å². The number of unbranched alkanes of at least 4 members (excludes halogenated alkanes) is 6. The highest BCUT2D eigenvalue weighted by atomic mass is 19.1. The van der Waals surface area contributed by atoms with E-state index in [4.69, 9.17) is 9.47 Å². The Kier molecular flexibility index (Phi) is 8.64. The van der Waals surface area contributed by atoms with E-state index in [0.29, 0.717) is 26.1 Å². The van der Waals surface area contributed by atoms with Crippen molar-refractivity contribution < 1.29 is 13.9 Å². The molecule has 0 radical (unpaired) electrons. The van der Waals surface area contributed by atoms with Gasteiger partial charge in [-0.2, -0.15) is 0 Å². The average molecular weight is 274 g/mol. The van der Waals surface area contributed by atoms with Crippen LogP contribution in [0.2, 0.25) is 0 Å². The van der Waals surface area contributed by atoms with E-state index in [1.165, 1.54) is 25.7 Å². The lowest BCUT2D eigenvalue weighted by Crippen LogP contribution is -2.41. The molecule has 0 bridgehead atoms. The van der Waals surface area contributed by atoms with Gasteiger partial charge in [0.2, 0.25) is 0 Å². The van der Waals surface area contributed by atoms with E-state index >= 15 is 0 Å². The fraction of sp³-hybridized carbons (Fsp3) is 1.00. The lowest BCUT2D eigenvalue weighted by molar-refractivity contribution is -0.206. The van der Waals surface area contributed by atoms with Crippen LogP contribution in [-0.4, -0.2) is 25.2 Å². The van der Waals surface area contributed by atoms with Crippen LogP contribution in [-0.2, 0) is 9.47 Å². The van der Waals surface area contributed by atoms with Gasteiger partial charge in [0.1, 0.15) is 0 Å². The van der Waals surface area contributed by atoms with E-state index < -0.39 is 12.0 Å². The molecular formula is C16H31FO2. The molecular weight excluding hydrogens is 243 g/mol. The van der Waals surface area contributed by atoms with Crippen LogP contribution < -0.4 is 0 Å². The molecule has 1 aliphatic rings. The van der Waals surface area contributed by atoms with Gasteiger partial charge in [-0.25, -0.2) is 4.39 Å². The Bertz CT molecular complexity index is 215. The SMILES string of the molecule is CCCCCCC(F)C1(CCCCCC)OCCO1. The average Bonchev–Trinajstić information content (AvgIpc) is 2.90. The molecule has 0 saturated carbocycles. The Morgan fingerprint density at radius 1 is 0.895 bits per heavy atom. The van der Waals surface area contributed by atoms with Gasteiger partial charge in [0.25, 0.3) is 0 Å². The second-order valence-electron chi connectivity index (χ2n) is 5.64. The van der Waals surface area contributed by atoms with Crippen molar-refractivity contribution in [3.05, 3.63) is 0 Å². The van der Waals surface area contributed by atoms with E-state index in [0.717, 1.165) is 25.7 Å². The standard InChI is InChI=1S/C16H31FO2/c1-3-5-7-9-11-15(17)16(18-13-14-19-16)12-10-8-6-4-2/h15H,3-14H2,1-2H3. The number of ether oxygens (including phenoxy) is 2. The summed E-state index contributed by atoms with van der Waals surface area (Å²) in [5.74, 6) is -0.917. The highest BCUT2D eigenvalue weighted by molar-refractivity contribution is 4.83. The third-order valence-electron chi connectivity index (χ3n) is 3.94. The summed E-state index contributed by atoms with van der Waals surface area (Å²) >= 11 is 0. The summed E-state index contributed by atoms with van der Waals surface area (Å²) in [7, 11) is 0. The van der Waals surface area contributed by atoms with Crippen molar-refractivity contribution in [2.75, 3.05) is 13.2 Å². The maximum Gasteiger partial charge on any atom is 0.199 e. The molecule has 0 aromatic heterocycles. The molecule has 1 saturated heterocycles. The fourth-order valence-electron chi connectivity index (χ4n) is 2.72. The first-order chi connectivity index (χ1) is 9.25. The molecule has 0 aromatic rings. The molecule has 0 amide bonds. The largest absolute Gasteiger partial charge is 0.345 e. The Balaban J connectivity index is 2.32. The van der Waals surface area contributed by atoms with E-state index in [-0.39, 0.29) is 0 Å². The molecule has 3 heteroatoms. The molecule has 114 valence electrons. The monoisotopic (exact) mass is 274 g/mol. The Morgan fingerprint density at radius 2 is 1.47 bits per heavy atom. The van der Waals surface area contributed by atoms with Crippen LogP contribution >= 0.6 is 0 Å². The zero-order valence-corrected chi connectivity index (χ0v) is 12.8. The minimum Gasteiger partial charge on any atom is -0.345 e. The molecule has 2 nitrogen and oxygen atoms in total. The van der Waals surface area contributed by atoms with Gasteiger partial charge in [0, 0.05) is 6.42 Å². The summed E-state index contributed by atoms with van der Waals surface area (Å²) in [6.45, 7) is 5.45. The molecule has 0 spiro atoms. The van der Waals surface area contributed by atoms with Crippen molar-refractivity contribution in [3.63, 3.8) is 0 Å². The first-order valence-electron chi connectivity index (χ1n) is 8.17. The lowest BCUT2D eigenvalue weighted by Gasteiger charge is -2.31. The molecule has 1 fully saturated rings. The number of alkyl halides is 1. The smallest absolute Gasteiger partial charge is 0.199 e. The first kappa shape index (κ1) is 16.9. The molecule has 0 N–H and O–H groups in total. The van der Waals surface area contributed by atoms with Gasteiger partial charge >= 0.3 is 0 Å². The predicted molar refractivity (Wildman–Crippen MR) is 77.0 cm³/mol. The van der Waals surface area contributed by atoms with E-state index in [1.54, 1.807) is 0 Å². The van der Waals surface area contributed by atoms with Gasteiger partial charge in [0.15, 0.2) is 12.0 Å². The molecule has 19 heavy (non-hydrogen) atoms. The Hall–Kier alpha value is -0.150. The van der Waals surface area contributed by atoms with Crippen LogP contribution in [0.4, 0.5) is 4.39 Å². The maximum atomic E-state index is 14.4. The molecule has 0 aromatic carbocycles. The van der Waals surface area contributed by atoms with E-state index in [1.807, 2.05) is 0 Å². The van der Waals surface area contributed by atoms with Gasteiger partial charge < -0.3 is 9.47 Å². The zero-order valence-electron chi connectivity index (χ0n) is 12.8. The van der Waals surface area contributed by atoms with Crippen LogP contribution in [0.3, 0.4) is 0 Å². The highest BCUT2D eigenvalue weighted by Gasteiger charge is 2.43. The van der Waals surface area contributed by atoms with Crippen molar-refractivity contribution in [2.45, 2.75) is 90.0 Å². The van der Waals surface area contributed by atoms with Crippen molar-refractivity contribution in [1.82, 2.24) is 0 Å². The molecule has 1 atom stereocenters. The highest BCUT2D eigenvalue weighted by Crippen LogP contribution is 2.34. The first-order valence-corrected chi connectivity index (χ1v) is 8.17. The predicted octanol–water partition coefficient (Wildman–Crippen LogP) is 5.01. The third-order valence-corrected chi connectivity index (χ3v) is 3.94. The lowest BCUT2D eigenvalue weighted by atomic mass is 9.98. The van der Waals surface area contributed by atoms with Crippen molar-refractivity contribution in [1.29, 1.82) is 0 Å². The zero-order chi connectivity index (χ0) is 14.0. The summed E-state index contributed by atoms with van der Waals surface area (Å²) in [5, 5.41) is 0. The number of rotatable bonds is 11. The number of halogens is 1. The minimum atomic E-state index is -0.964. The van der Waals surface area contributed by atoms with Crippen LogP contribution in [0, 0.1) is 0 Å². The molecule has 1 heterocycles. The summed E-state index contributed by atoms with van der Waals surface area (Å²) < 4.78 is 25.7. The number of hydrogen-bond acceptors (Lipinski definition) is 2. The summed E-state index contributed by atoms with van der Waals surface area (Å²) in [6.07, 6.45) is 9.32. The van der Waals surface area contributed by atoms with E-state index in [9.17, 15) is 4.39 Å². The normalized spacial score (nSPS) is 19.7. The van der Waals surface area contributed by atoms with Crippen molar-refractivity contribution in [3.8, 4) is 0 Å². The quantitative estimate of drug-likeness (QED) is 0.493. The topological polar surface area (TPSA) is 18.5 Å². The van der Waals surface area contributed by atoms with Crippen LogP contribution in [0.15, 0.2) is 0 Å². The van der Waals surface area contributed by atoms with E-state index in [2.05, 4.69) is 13.8 Å². The van der Waals surface area contributed by atoms with Crippen LogP contribution in [0.5, 0.6) is 0 Å². The molecule has 1 rings (SSSR count). The van der Waals surface area contributed by atoms with Gasteiger partial charge in [-0.1, -0.05) is 58.8 Å². The molecule has 1 unspecified atom stereocenters. The Labute approximate surface area is 118 Å². The maximum absolute atomic E-state index is 14.4. The number of hydrogen-bond donors (Lipinski definition) is 0.